The molecule has 0 saturated heterocycles. The second kappa shape index (κ2) is 9.39. The van der Waals surface area contributed by atoms with E-state index in [4.69, 9.17) is 0 Å². The Labute approximate surface area is 128 Å². The van der Waals surface area contributed by atoms with E-state index < -0.39 is 12.2 Å². The van der Waals surface area contributed by atoms with Gasteiger partial charge in [-0.1, -0.05) is 61.9 Å². The highest BCUT2D eigenvalue weighted by molar-refractivity contribution is 5.81. The summed E-state index contributed by atoms with van der Waals surface area (Å²) in [5, 5.41) is 19.5. The number of benzene rings is 1. The lowest BCUT2D eigenvalue weighted by Crippen LogP contribution is -2.08. The maximum absolute atomic E-state index is 10.1. The predicted molar refractivity (Wildman–Crippen MR) is 88.6 cm³/mol. The molecule has 0 aliphatic rings. The summed E-state index contributed by atoms with van der Waals surface area (Å²) in [4.78, 5) is 0. The van der Waals surface area contributed by atoms with Crippen molar-refractivity contribution < 1.29 is 10.2 Å². The summed E-state index contributed by atoms with van der Waals surface area (Å²) >= 11 is 0. The third-order valence-electron chi connectivity index (χ3n) is 3.34. The number of unbranched alkanes of at least 4 members (excludes halogenated alkanes) is 2. The second-order valence-corrected chi connectivity index (χ2v) is 5.34. The lowest BCUT2D eigenvalue weighted by molar-refractivity contribution is 0.227. The minimum absolute atomic E-state index is 0.527. The average molecular weight is 286 g/mol. The normalized spacial score (nSPS) is 14.7. The Morgan fingerprint density at radius 2 is 1.76 bits per heavy atom. The topological polar surface area (TPSA) is 40.5 Å². The minimum Gasteiger partial charge on any atom is -0.389 e. The van der Waals surface area contributed by atoms with E-state index in [1.54, 1.807) is 13.8 Å². The van der Waals surface area contributed by atoms with Crippen LogP contribution in [0.5, 0.6) is 0 Å². The van der Waals surface area contributed by atoms with Gasteiger partial charge in [-0.25, -0.2) is 0 Å². The Kier molecular flexibility index (Phi) is 7.82. The van der Waals surface area contributed by atoms with Crippen LogP contribution in [0.15, 0.2) is 35.9 Å². The van der Waals surface area contributed by atoms with Gasteiger partial charge in [0.05, 0.1) is 6.10 Å². The van der Waals surface area contributed by atoms with Gasteiger partial charge in [0.15, 0.2) is 0 Å². The highest BCUT2D eigenvalue weighted by Gasteiger charge is 2.12. The molecule has 0 fully saturated rings. The van der Waals surface area contributed by atoms with Crippen molar-refractivity contribution in [3.8, 4) is 11.8 Å². The van der Waals surface area contributed by atoms with Crippen LogP contribution in [-0.4, -0.2) is 22.4 Å². The predicted octanol–water partition coefficient (Wildman–Crippen LogP) is 3.79. The maximum atomic E-state index is 10.1. The molecule has 0 bridgehead atoms. The Hall–Kier alpha value is -1.56. The van der Waals surface area contributed by atoms with Crippen LogP contribution in [0, 0.1) is 11.8 Å². The molecular formula is C19H26O2. The fourth-order valence-electron chi connectivity index (χ4n) is 2.23. The van der Waals surface area contributed by atoms with Crippen LogP contribution in [0.3, 0.4) is 0 Å². The van der Waals surface area contributed by atoms with Crippen molar-refractivity contribution in [3.05, 3.63) is 41.5 Å². The van der Waals surface area contributed by atoms with Crippen molar-refractivity contribution in [2.75, 3.05) is 0 Å². The molecule has 2 atom stereocenters. The number of aliphatic hydroxyl groups is 2. The van der Waals surface area contributed by atoms with Crippen LogP contribution in [0.2, 0.25) is 0 Å². The molecule has 114 valence electrons. The van der Waals surface area contributed by atoms with Crippen LogP contribution in [0.4, 0.5) is 0 Å². The monoisotopic (exact) mass is 286 g/mol. The molecule has 0 radical (unpaired) electrons. The first-order valence-corrected chi connectivity index (χ1v) is 7.72. The van der Waals surface area contributed by atoms with E-state index in [2.05, 4.69) is 18.8 Å². The maximum Gasteiger partial charge on any atom is 0.112 e. The first kappa shape index (κ1) is 17.5. The lowest BCUT2D eigenvalue weighted by atomic mass is 9.93. The summed E-state index contributed by atoms with van der Waals surface area (Å²) in [5.41, 5.74) is 2.81. The first-order chi connectivity index (χ1) is 10.1. The zero-order valence-corrected chi connectivity index (χ0v) is 13.3. The van der Waals surface area contributed by atoms with Crippen molar-refractivity contribution in [3.63, 3.8) is 0 Å². The number of rotatable bonds is 6. The van der Waals surface area contributed by atoms with Gasteiger partial charge in [0.25, 0.3) is 0 Å². The molecule has 0 aliphatic carbocycles. The van der Waals surface area contributed by atoms with Gasteiger partial charge < -0.3 is 10.2 Å². The fourth-order valence-corrected chi connectivity index (χ4v) is 2.23. The molecule has 2 unspecified atom stereocenters. The van der Waals surface area contributed by atoms with Gasteiger partial charge in [-0.2, -0.15) is 0 Å². The van der Waals surface area contributed by atoms with Gasteiger partial charge in [0, 0.05) is 5.57 Å². The molecule has 0 aliphatic heterocycles. The highest BCUT2D eigenvalue weighted by atomic mass is 16.3. The van der Waals surface area contributed by atoms with E-state index >= 15 is 0 Å². The van der Waals surface area contributed by atoms with Crippen LogP contribution in [0.25, 0.3) is 5.57 Å². The quantitative estimate of drug-likeness (QED) is 0.617. The third-order valence-corrected chi connectivity index (χ3v) is 3.34. The van der Waals surface area contributed by atoms with Crippen molar-refractivity contribution in [1.82, 2.24) is 0 Å². The van der Waals surface area contributed by atoms with Gasteiger partial charge in [-0.05, 0) is 37.8 Å². The van der Waals surface area contributed by atoms with Gasteiger partial charge in [0.1, 0.15) is 6.10 Å². The summed E-state index contributed by atoms with van der Waals surface area (Å²) < 4.78 is 0. The third kappa shape index (κ3) is 6.16. The van der Waals surface area contributed by atoms with Gasteiger partial charge in [-0.15, -0.1) is 0 Å². The van der Waals surface area contributed by atoms with Crippen molar-refractivity contribution in [2.45, 2.75) is 58.7 Å². The number of hydrogen-bond donors (Lipinski definition) is 2. The van der Waals surface area contributed by atoms with E-state index in [1.807, 2.05) is 30.3 Å². The second-order valence-electron chi connectivity index (χ2n) is 5.34. The smallest absolute Gasteiger partial charge is 0.112 e. The van der Waals surface area contributed by atoms with Gasteiger partial charge in [0.2, 0.25) is 0 Å². The van der Waals surface area contributed by atoms with Crippen molar-refractivity contribution in [2.24, 2.45) is 0 Å². The molecular weight excluding hydrogens is 260 g/mol. The molecule has 1 rings (SSSR count). The summed E-state index contributed by atoms with van der Waals surface area (Å²) in [6, 6.07) is 9.88. The van der Waals surface area contributed by atoms with Crippen LogP contribution in [-0.2, 0) is 0 Å². The Balaban J connectivity index is 3.22. The summed E-state index contributed by atoms with van der Waals surface area (Å²) in [5.74, 6) is 5.87. The Morgan fingerprint density at radius 3 is 2.29 bits per heavy atom. The lowest BCUT2D eigenvalue weighted by Gasteiger charge is -2.15. The minimum atomic E-state index is -0.672. The summed E-state index contributed by atoms with van der Waals surface area (Å²) in [6.45, 7) is 5.60. The summed E-state index contributed by atoms with van der Waals surface area (Å²) in [7, 11) is 0. The van der Waals surface area contributed by atoms with Gasteiger partial charge in [-0.3, -0.25) is 0 Å². The molecule has 0 aromatic heterocycles. The molecule has 21 heavy (non-hydrogen) atoms. The molecule has 2 nitrogen and oxygen atoms in total. The van der Waals surface area contributed by atoms with Crippen LogP contribution in [0.1, 0.15) is 52.0 Å². The largest absolute Gasteiger partial charge is 0.389 e. The molecule has 0 heterocycles. The van der Waals surface area contributed by atoms with Crippen molar-refractivity contribution >= 4 is 5.57 Å². The molecule has 0 amide bonds. The zero-order valence-electron chi connectivity index (χ0n) is 13.3. The standard InChI is InChI=1S/C19H26O2/c1-4-5-7-12-18(16(3)21)19(14-13-15(2)20)17-10-8-6-9-11-17/h6,8-11,15-16,20-21H,4-5,7,12H2,1-3H3/b19-18+. The van der Waals surface area contributed by atoms with E-state index in [-0.39, 0.29) is 0 Å². The number of allylic oxidation sites excluding steroid dienone is 1. The van der Waals surface area contributed by atoms with E-state index in [0.29, 0.717) is 0 Å². The van der Waals surface area contributed by atoms with E-state index in [0.717, 1.165) is 42.4 Å². The van der Waals surface area contributed by atoms with E-state index in [1.165, 1.54) is 0 Å². The highest BCUT2D eigenvalue weighted by Crippen LogP contribution is 2.25. The number of aliphatic hydroxyl groups excluding tert-OH is 2. The molecule has 0 saturated carbocycles. The molecule has 1 aromatic carbocycles. The fraction of sp³-hybridized carbons (Fsp3) is 0.474. The van der Waals surface area contributed by atoms with Crippen LogP contribution < -0.4 is 0 Å². The molecule has 1 aromatic rings. The van der Waals surface area contributed by atoms with E-state index in [9.17, 15) is 10.2 Å². The summed E-state index contributed by atoms with van der Waals surface area (Å²) in [6.07, 6.45) is 2.97. The molecule has 2 heteroatoms. The van der Waals surface area contributed by atoms with Crippen molar-refractivity contribution in [1.29, 1.82) is 0 Å². The zero-order chi connectivity index (χ0) is 15.7. The SMILES string of the molecule is CCCCC/C(=C(/C#CC(C)O)c1ccccc1)C(C)O. The molecule has 0 spiro atoms. The Bertz CT molecular complexity index is 501. The Morgan fingerprint density at radius 1 is 1.10 bits per heavy atom. The molecule has 2 N–H and O–H groups in total. The van der Waals surface area contributed by atoms with Gasteiger partial charge >= 0.3 is 0 Å². The number of hydrogen-bond acceptors (Lipinski definition) is 2. The average Bonchev–Trinajstić information content (AvgIpc) is 2.46. The first-order valence-electron chi connectivity index (χ1n) is 7.72. The van der Waals surface area contributed by atoms with Crippen LogP contribution >= 0.6 is 0 Å².